The first-order valence-electron chi connectivity index (χ1n) is 7.26. The van der Waals surface area contributed by atoms with Crippen molar-refractivity contribution in [2.45, 2.75) is 40.2 Å². The molecular formula is C16H25BrN2. The summed E-state index contributed by atoms with van der Waals surface area (Å²) >= 11 is 3.61. The zero-order chi connectivity index (χ0) is 13.9. The summed E-state index contributed by atoms with van der Waals surface area (Å²) in [5, 5.41) is 3.44. The molecule has 0 amide bonds. The Bertz CT molecular complexity index is 429. The lowest BCUT2D eigenvalue weighted by Gasteiger charge is -2.40. The molecule has 106 valence electrons. The van der Waals surface area contributed by atoms with E-state index in [0.29, 0.717) is 5.41 Å². The molecule has 1 aliphatic heterocycles. The molecule has 0 atom stereocenters. The molecule has 1 aromatic carbocycles. The van der Waals surface area contributed by atoms with Crippen LogP contribution in [0, 0.1) is 5.41 Å². The minimum absolute atomic E-state index is 0.427. The molecule has 1 fully saturated rings. The van der Waals surface area contributed by atoms with E-state index in [2.05, 4.69) is 65.1 Å². The van der Waals surface area contributed by atoms with Crippen LogP contribution in [0.25, 0.3) is 0 Å². The minimum Gasteiger partial charge on any atom is -0.371 e. The second-order valence-corrected chi connectivity index (χ2v) is 7.16. The van der Waals surface area contributed by atoms with Gasteiger partial charge in [0, 0.05) is 29.8 Å². The molecular weight excluding hydrogens is 300 g/mol. The van der Waals surface area contributed by atoms with Crippen LogP contribution >= 0.6 is 15.9 Å². The van der Waals surface area contributed by atoms with E-state index < -0.39 is 0 Å². The molecule has 2 rings (SSSR count). The summed E-state index contributed by atoms with van der Waals surface area (Å²) in [6, 6.07) is 6.66. The Balaban J connectivity index is 2.23. The van der Waals surface area contributed by atoms with Crippen LogP contribution in [0.5, 0.6) is 0 Å². The Labute approximate surface area is 125 Å². The van der Waals surface area contributed by atoms with Gasteiger partial charge in [-0.3, -0.25) is 0 Å². The Morgan fingerprint density at radius 2 is 2.16 bits per heavy atom. The Hall–Kier alpha value is -0.540. The van der Waals surface area contributed by atoms with Crippen LogP contribution in [-0.2, 0) is 6.54 Å². The molecule has 0 spiro atoms. The molecule has 0 aliphatic carbocycles. The smallest absolute Gasteiger partial charge is 0.0423 e. The van der Waals surface area contributed by atoms with E-state index in [9.17, 15) is 0 Å². The third-order valence-electron chi connectivity index (χ3n) is 3.85. The number of anilines is 1. The molecule has 1 saturated heterocycles. The van der Waals surface area contributed by atoms with Gasteiger partial charge in [0.25, 0.3) is 0 Å². The van der Waals surface area contributed by atoms with Crippen LogP contribution in [0.3, 0.4) is 0 Å². The zero-order valence-corrected chi connectivity index (χ0v) is 13.9. The van der Waals surface area contributed by atoms with Crippen LogP contribution in [-0.4, -0.2) is 19.6 Å². The van der Waals surface area contributed by atoms with Crippen LogP contribution in [0.15, 0.2) is 22.7 Å². The van der Waals surface area contributed by atoms with E-state index in [4.69, 9.17) is 0 Å². The highest BCUT2D eigenvalue weighted by Crippen LogP contribution is 2.34. The summed E-state index contributed by atoms with van der Waals surface area (Å²) in [7, 11) is 0. The predicted molar refractivity (Wildman–Crippen MR) is 86.8 cm³/mol. The highest BCUT2D eigenvalue weighted by atomic mass is 79.9. The fraction of sp³-hybridized carbons (Fsp3) is 0.625. The Morgan fingerprint density at radius 1 is 1.37 bits per heavy atom. The van der Waals surface area contributed by atoms with Gasteiger partial charge in [0.1, 0.15) is 0 Å². The van der Waals surface area contributed by atoms with E-state index in [1.54, 1.807) is 0 Å². The maximum absolute atomic E-state index is 3.61. The first kappa shape index (κ1) is 14.9. The predicted octanol–water partition coefficient (Wildman–Crippen LogP) is 4.19. The first-order chi connectivity index (χ1) is 9.02. The lowest BCUT2D eigenvalue weighted by atomic mass is 9.84. The molecule has 0 saturated carbocycles. The molecule has 0 radical (unpaired) electrons. The number of rotatable bonds is 4. The van der Waals surface area contributed by atoms with Crippen molar-refractivity contribution in [3.8, 4) is 0 Å². The second kappa shape index (κ2) is 6.27. The van der Waals surface area contributed by atoms with Gasteiger partial charge in [-0.1, -0.05) is 42.8 Å². The summed E-state index contributed by atoms with van der Waals surface area (Å²) in [5.74, 6) is 0. The number of benzene rings is 1. The molecule has 2 nitrogen and oxygen atoms in total. The van der Waals surface area contributed by atoms with Gasteiger partial charge in [0.2, 0.25) is 0 Å². The highest BCUT2D eigenvalue weighted by Gasteiger charge is 2.27. The van der Waals surface area contributed by atoms with Gasteiger partial charge >= 0.3 is 0 Å². The zero-order valence-electron chi connectivity index (χ0n) is 12.3. The van der Waals surface area contributed by atoms with E-state index in [1.165, 1.54) is 35.1 Å². The highest BCUT2D eigenvalue weighted by molar-refractivity contribution is 9.10. The summed E-state index contributed by atoms with van der Waals surface area (Å²) in [6.45, 7) is 11.2. The molecule has 0 unspecified atom stereocenters. The van der Waals surface area contributed by atoms with Crippen molar-refractivity contribution in [1.29, 1.82) is 0 Å². The Morgan fingerprint density at radius 3 is 2.84 bits per heavy atom. The average Bonchev–Trinajstić information content (AvgIpc) is 2.36. The number of hydrogen-bond acceptors (Lipinski definition) is 2. The van der Waals surface area contributed by atoms with Crippen LogP contribution in [0.4, 0.5) is 5.69 Å². The van der Waals surface area contributed by atoms with Crippen LogP contribution < -0.4 is 10.2 Å². The summed E-state index contributed by atoms with van der Waals surface area (Å²) in [6.07, 6.45) is 2.63. The second-order valence-electron chi connectivity index (χ2n) is 6.24. The molecule has 0 aromatic heterocycles. The van der Waals surface area contributed by atoms with Gasteiger partial charge in [-0.25, -0.2) is 0 Å². The number of hydrogen-bond donors (Lipinski definition) is 1. The van der Waals surface area contributed by atoms with Crippen molar-refractivity contribution in [3.05, 3.63) is 28.2 Å². The standard InChI is InChI=1S/C16H25BrN2/c1-4-18-11-13-6-7-14(17)10-15(13)19-9-5-8-16(2,3)12-19/h6-7,10,18H,4-5,8-9,11-12H2,1-3H3. The fourth-order valence-electron chi connectivity index (χ4n) is 2.87. The average molecular weight is 325 g/mol. The van der Waals surface area contributed by atoms with E-state index in [0.717, 1.165) is 19.6 Å². The van der Waals surface area contributed by atoms with Gasteiger partial charge in [-0.15, -0.1) is 0 Å². The van der Waals surface area contributed by atoms with Gasteiger partial charge < -0.3 is 10.2 Å². The van der Waals surface area contributed by atoms with Crippen LogP contribution in [0.2, 0.25) is 0 Å². The molecule has 1 N–H and O–H groups in total. The quantitative estimate of drug-likeness (QED) is 0.893. The summed E-state index contributed by atoms with van der Waals surface area (Å²) in [4.78, 5) is 2.56. The Kier molecular flexibility index (Phi) is 4.91. The van der Waals surface area contributed by atoms with Crippen molar-refractivity contribution in [1.82, 2.24) is 5.32 Å². The molecule has 1 aromatic rings. The third-order valence-corrected chi connectivity index (χ3v) is 4.35. The first-order valence-corrected chi connectivity index (χ1v) is 8.05. The largest absolute Gasteiger partial charge is 0.371 e. The van der Waals surface area contributed by atoms with Gasteiger partial charge in [0.15, 0.2) is 0 Å². The number of nitrogens with one attached hydrogen (secondary N) is 1. The SMILES string of the molecule is CCNCc1ccc(Br)cc1N1CCCC(C)(C)C1. The number of nitrogens with zero attached hydrogens (tertiary/aromatic N) is 1. The van der Waals surface area contributed by atoms with Gasteiger partial charge in [0.05, 0.1) is 0 Å². The number of halogens is 1. The monoisotopic (exact) mass is 324 g/mol. The van der Waals surface area contributed by atoms with Gasteiger partial charge in [-0.05, 0) is 42.5 Å². The van der Waals surface area contributed by atoms with Crippen molar-refractivity contribution in [2.24, 2.45) is 5.41 Å². The maximum atomic E-state index is 3.61. The van der Waals surface area contributed by atoms with Crippen molar-refractivity contribution < 1.29 is 0 Å². The van der Waals surface area contributed by atoms with Crippen molar-refractivity contribution in [3.63, 3.8) is 0 Å². The minimum atomic E-state index is 0.427. The van der Waals surface area contributed by atoms with E-state index >= 15 is 0 Å². The maximum Gasteiger partial charge on any atom is 0.0423 e. The van der Waals surface area contributed by atoms with Gasteiger partial charge in [-0.2, -0.15) is 0 Å². The lowest BCUT2D eigenvalue weighted by molar-refractivity contribution is 0.293. The molecule has 1 aliphatic rings. The third kappa shape index (κ3) is 3.96. The van der Waals surface area contributed by atoms with Crippen LogP contribution in [0.1, 0.15) is 39.2 Å². The normalized spacial score (nSPS) is 18.6. The molecule has 19 heavy (non-hydrogen) atoms. The summed E-state index contributed by atoms with van der Waals surface area (Å²) in [5.41, 5.74) is 3.22. The molecule has 3 heteroatoms. The van der Waals surface area contributed by atoms with E-state index in [-0.39, 0.29) is 0 Å². The fourth-order valence-corrected chi connectivity index (χ4v) is 3.22. The lowest BCUT2D eigenvalue weighted by Crippen LogP contribution is -2.40. The van der Waals surface area contributed by atoms with E-state index in [1.807, 2.05) is 0 Å². The molecule has 1 heterocycles. The topological polar surface area (TPSA) is 15.3 Å². The molecule has 0 bridgehead atoms. The van der Waals surface area contributed by atoms with Crippen molar-refractivity contribution in [2.75, 3.05) is 24.5 Å². The van der Waals surface area contributed by atoms with Crippen molar-refractivity contribution >= 4 is 21.6 Å². The summed E-state index contributed by atoms with van der Waals surface area (Å²) < 4.78 is 1.17. The number of piperidine rings is 1.